The Hall–Kier alpha value is -3.52. The molecule has 0 aliphatic rings. The number of aliphatic hydroxyl groups is 1. The van der Waals surface area contributed by atoms with Gasteiger partial charge in [-0.2, -0.15) is 0 Å². The van der Waals surface area contributed by atoms with Crippen molar-refractivity contribution >= 4 is 43.4 Å². The number of nitrogens with one attached hydrogen (secondary N) is 1. The Labute approximate surface area is 155 Å². The van der Waals surface area contributed by atoms with Crippen LogP contribution in [0.5, 0.6) is 0 Å². The van der Waals surface area contributed by atoms with Crippen LogP contribution in [0.3, 0.4) is 0 Å². The van der Waals surface area contributed by atoms with Crippen molar-refractivity contribution in [3.63, 3.8) is 0 Å². The fourth-order valence-electron chi connectivity index (χ4n) is 4.17. The smallest absolute Gasteiger partial charge is 0.263 e. The van der Waals surface area contributed by atoms with Crippen molar-refractivity contribution < 1.29 is 5.11 Å². The first kappa shape index (κ1) is 16.6. The van der Waals surface area contributed by atoms with E-state index in [0.717, 1.165) is 9.13 Å². The number of nitrogens with zero attached hydrogens (tertiary/aromatic N) is 2. The SMILES string of the molecule is Cn1c(=O)c2c3[nH]c4ccccc4c3c3c(=O)n(CCCO)c(=O)c3c2c1=O. The second-order valence-electron chi connectivity index (χ2n) is 6.93. The molecule has 3 aromatic heterocycles. The molecular weight excluding hydrogens is 362 g/mol. The van der Waals surface area contributed by atoms with E-state index in [1.807, 2.05) is 12.1 Å². The van der Waals surface area contributed by atoms with Crippen molar-refractivity contribution in [3.05, 3.63) is 65.7 Å². The Morgan fingerprint density at radius 1 is 0.857 bits per heavy atom. The summed E-state index contributed by atoms with van der Waals surface area (Å²) in [7, 11) is 1.36. The number of aromatic amines is 1. The van der Waals surface area contributed by atoms with Crippen molar-refractivity contribution in [1.82, 2.24) is 14.1 Å². The summed E-state index contributed by atoms with van der Waals surface area (Å²) >= 11 is 0. The number of para-hydroxylation sites is 1. The molecule has 3 heterocycles. The highest BCUT2D eigenvalue weighted by atomic mass is 16.3. The summed E-state index contributed by atoms with van der Waals surface area (Å²) in [6.45, 7) is -0.131. The molecule has 0 saturated heterocycles. The first-order valence-corrected chi connectivity index (χ1v) is 8.87. The average Bonchev–Trinajstić information content (AvgIpc) is 3.26. The standard InChI is InChI=1S/C20H15N3O5/c1-22-17(25)14-13-12(19(27)23(20(13)28)7-4-8-24)11-9-5-2-3-6-10(9)21-16(11)15(14)18(22)26/h2-3,5-6,21,24H,4,7-8H2,1H3. The molecule has 0 saturated carbocycles. The number of aromatic nitrogens is 3. The molecule has 0 aliphatic heterocycles. The lowest BCUT2D eigenvalue weighted by atomic mass is 10.0. The fraction of sp³-hybridized carbons (Fsp3) is 0.200. The average molecular weight is 377 g/mol. The zero-order chi connectivity index (χ0) is 19.7. The topological polar surface area (TPSA) is 114 Å². The molecule has 0 spiro atoms. The number of benzene rings is 2. The van der Waals surface area contributed by atoms with E-state index in [2.05, 4.69) is 4.98 Å². The highest BCUT2D eigenvalue weighted by Crippen LogP contribution is 2.34. The normalized spacial score (nSPS) is 12.2. The molecule has 0 bridgehead atoms. The van der Waals surface area contributed by atoms with Gasteiger partial charge in [0.05, 0.1) is 27.1 Å². The molecule has 0 unspecified atom stereocenters. The van der Waals surface area contributed by atoms with Crippen LogP contribution < -0.4 is 22.2 Å². The molecule has 28 heavy (non-hydrogen) atoms. The van der Waals surface area contributed by atoms with Crippen LogP contribution in [0.15, 0.2) is 43.4 Å². The molecule has 0 amide bonds. The Balaban J connectivity index is 2.22. The quantitative estimate of drug-likeness (QED) is 0.474. The summed E-state index contributed by atoms with van der Waals surface area (Å²) in [6.07, 6.45) is 0.234. The van der Waals surface area contributed by atoms with Crippen LogP contribution in [-0.4, -0.2) is 25.8 Å². The van der Waals surface area contributed by atoms with Gasteiger partial charge >= 0.3 is 0 Å². The van der Waals surface area contributed by atoms with Crippen molar-refractivity contribution in [2.75, 3.05) is 6.61 Å². The summed E-state index contributed by atoms with van der Waals surface area (Å²) in [5.41, 5.74) is -1.12. The Bertz CT molecular complexity index is 1640. The van der Waals surface area contributed by atoms with Gasteiger partial charge in [-0.3, -0.25) is 28.3 Å². The van der Waals surface area contributed by atoms with E-state index in [-0.39, 0.29) is 41.1 Å². The number of aliphatic hydroxyl groups excluding tert-OH is 1. The zero-order valence-corrected chi connectivity index (χ0v) is 14.9. The maximum absolute atomic E-state index is 13.1. The third-order valence-electron chi connectivity index (χ3n) is 5.45. The molecule has 0 fully saturated rings. The molecule has 5 rings (SSSR count). The Kier molecular flexibility index (Phi) is 3.26. The molecular formula is C20H15N3O5. The van der Waals surface area contributed by atoms with E-state index >= 15 is 0 Å². The number of H-pyrrole nitrogens is 1. The maximum Gasteiger partial charge on any atom is 0.263 e. The van der Waals surface area contributed by atoms with Gasteiger partial charge in [-0.05, 0) is 12.5 Å². The number of hydrogen-bond donors (Lipinski definition) is 2. The molecule has 0 atom stereocenters. The highest BCUT2D eigenvalue weighted by molar-refractivity contribution is 6.31. The van der Waals surface area contributed by atoms with Gasteiger partial charge in [-0.15, -0.1) is 0 Å². The summed E-state index contributed by atoms with van der Waals surface area (Å²) < 4.78 is 2.00. The van der Waals surface area contributed by atoms with Crippen LogP contribution in [0.25, 0.3) is 43.4 Å². The second kappa shape index (κ2) is 5.49. The van der Waals surface area contributed by atoms with Gasteiger partial charge in [-0.1, -0.05) is 18.2 Å². The molecule has 2 aromatic carbocycles. The minimum absolute atomic E-state index is 0.0158. The molecule has 140 valence electrons. The minimum atomic E-state index is -0.603. The number of fused-ring (bicyclic) bond motifs is 8. The van der Waals surface area contributed by atoms with E-state index in [4.69, 9.17) is 5.11 Å². The highest BCUT2D eigenvalue weighted by Gasteiger charge is 2.27. The van der Waals surface area contributed by atoms with Gasteiger partial charge in [-0.25, -0.2) is 0 Å². The zero-order valence-electron chi connectivity index (χ0n) is 14.9. The van der Waals surface area contributed by atoms with E-state index in [1.54, 1.807) is 12.1 Å². The summed E-state index contributed by atoms with van der Waals surface area (Å²) in [4.78, 5) is 54.9. The van der Waals surface area contributed by atoms with Crippen molar-refractivity contribution in [2.45, 2.75) is 13.0 Å². The largest absolute Gasteiger partial charge is 0.396 e. The lowest BCUT2D eigenvalue weighted by Gasteiger charge is -1.96. The molecule has 0 aliphatic carbocycles. The Morgan fingerprint density at radius 3 is 2.18 bits per heavy atom. The summed E-state index contributed by atoms with van der Waals surface area (Å²) in [5.74, 6) is 0. The van der Waals surface area contributed by atoms with Crippen LogP contribution in [0.4, 0.5) is 0 Å². The number of rotatable bonds is 3. The van der Waals surface area contributed by atoms with Gasteiger partial charge < -0.3 is 10.1 Å². The molecule has 0 radical (unpaired) electrons. The van der Waals surface area contributed by atoms with E-state index in [9.17, 15) is 19.2 Å². The van der Waals surface area contributed by atoms with Gasteiger partial charge in [0.1, 0.15) is 0 Å². The molecule has 8 heteroatoms. The first-order valence-electron chi connectivity index (χ1n) is 8.87. The summed E-state index contributed by atoms with van der Waals surface area (Å²) in [6, 6.07) is 7.24. The van der Waals surface area contributed by atoms with Crippen molar-refractivity contribution in [3.8, 4) is 0 Å². The molecule has 5 aromatic rings. The number of hydrogen-bond acceptors (Lipinski definition) is 5. The van der Waals surface area contributed by atoms with Crippen LogP contribution >= 0.6 is 0 Å². The third kappa shape index (κ3) is 1.82. The first-order chi connectivity index (χ1) is 13.5. The lowest BCUT2D eigenvalue weighted by Crippen LogP contribution is -2.26. The predicted molar refractivity (Wildman–Crippen MR) is 107 cm³/mol. The minimum Gasteiger partial charge on any atom is -0.396 e. The van der Waals surface area contributed by atoms with Gasteiger partial charge in [0.15, 0.2) is 0 Å². The molecule has 2 N–H and O–H groups in total. The maximum atomic E-state index is 13.1. The second-order valence-corrected chi connectivity index (χ2v) is 6.93. The monoisotopic (exact) mass is 377 g/mol. The van der Waals surface area contributed by atoms with E-state index < -0.39 is 22.2 Å². The Morgan fingerprint density at radius 2 is 1.46 bits per heavy atom. The van der Waals surface area contributed by atoms with Gasteiger partial charge in [0, 0.05) is 36.5 Å². The van der Waals surface area contributed by atoms with Crippen molar-refractivity contribution in [1.29, 1.82) is 0 Å². The van der Waals surface area contributed by atoms with Crippen LogP contribution in [-0.2, 0) is 13.6 Å². The van der Waals surface area contributed by atoms with Crippen LogP contribution in [0.1, 0.15) is 6.42 Å². The predicted octanol–water partition coefficient (Wildman–Crippen LogP) is 0.466. The van der Waals surface area contributed by atoms with Gasteiger partial charge in [0.25, 0.3) is 22.2 Å². The van der Waals surface area contributed by atoms with E-state index in [1.165, 1.54) is 7.05 Å². The van der Waals surface area contributed by atoms with Gasteiger partial charge in [0.2, 0.25) is 0 Å². The molecule has 8 nitrogen and oxygen atoms in total. The van der Waals surface area contributed by atoms with E-state index in [0.29, 0.717) is 21.8 Å². The third-order valence-corrected chi connectivity index (χ3v) is 5.45. The van der Waals surface area contributed by atoms with Crippen LogP contribution in [0.2, 0.25) is 0 Å². The lowest BCUT2D eigenvalue weighted by molar-refractivity contribution is 0.279. The fourth-order valence-corrected chi connectivity index (χ4v) is 4.17. The van der Waals surface area contributed by atoms with Crippen molar-refractivity contribution in [2.24, 2.45) is 7.05 Å². The summed E-state index contributed by atoms with van der Waals surface area (Å²) in [5, 5.41) is 10.5. The van der Waals surface area contributed by atoms with Crippen LogP contribution in [0, 0.1) is 0 Å².